The maximum absolute atomic E-state index is 12.2. The van der Waals surface area contributed by atoms with Gasteiger partial charge in [0.05, 0.1) is 6.20 Å². The molecule has 0 aromatic carbocycles. The Labute approximate surface area is 147 Å². The molecule has 1 unspecified atom stereocenters. The highest BCUT2D eigenvalue weighted by atomic mass is 16.2. The molecule has 0 spiro atoms. The second-order valence-corrected chi connectivity index (χ2v) is 6.68. The molecule has 1 saturated heterocycles. The Morgan fingerprint density at radius 1 is 1.36 bits per heavy atom. The first kappa shape index (κ1) is 18.9. The van der Waals surface area contributed by atoms with Crippen LogP contribution >= 0.6 is 0 Å². The van der Waals surface area contributed by atoms with E-state index in [1.165, 1.54) is 15.8 Å². The van der Waals surface area contributed by atoms with Gasteiger partial charge in [0.15, 0.2) is 5.69 Å². The summed E-state index contributed by atoms with van der Waals surface area (Å²) >= 11 is 0. The van der Waals surface area contributed by atoms with Gasteiger partial charge in [0.1, 0.15) is 6.54 Å². The zero-order valence-corrected chi connectivity index (χ0v) is 15.1. The standard InChI is InChI=1S/C16H26N6O3/c1-12-5-4-8-21(9-12)14(23)6-7-17-16(25)13-10-22(19-18-13)11-15(24)20(2)3/h10,12H,4-9,11H2,1-3H3,(H,17,25). The molecule has 25 heavy (non-hydrogen) atoms. The van der Waals surface area contributed by atoms with Crippen LogP contribution in [0.5, 0.6) is 0 Å². The molecule has 1 aliphatic heterocycles. The lowest BCUT2D eigenvalue weighted by molar-refractivity contribution is -0.132. The van der Waals surface area contributed by atoms with Crippen molar-refractivity contribution in [2.45, 2.75) is 32.7 Å². The normalized spacial score (nSPS) is 17.2. The second-order valence-electron chi connectivity index (χ2n) is 6.68. The molecule has 0 saturated carbocycles. The molecule has 1 N–H and O–H groups in total. The monoisotopic (exact) mass is 350 g/mol. The number of rotatable bonds is 6. The van der Waals surface area contributed by atoms with Crippen LogP contribution in [-0.2, 0) is 16.1 Å². The predicted molar refractivity (Wildman–Crippen MR) is 90.6 cm³/mol. The van der Waals surface area contributed by atoms with Gasteiger partial charge in [-0.05, 0) is 18.8 Å². The van der Waals surface area contributed by atoms with Crippen LogP contribution in [0.1, 0.15) is 36.7 Å². The van der Waals surface area contributed by atoms with Crippen LogP contribution in [-0.4, -0.2) is 76.2 Å². The summed E-state index contributed by atoms with van der Waals surface area (Å²) in [6, 6.07) is 0. The second kappa shape index (κ2) is 8.59. The minimum absolute atomic E-state index is 0.0267. The van der Waals surface area contributed by atoms with E-state index in [2.05, 4.69) is 22.6 Å². The van der Waals surface area contributed by atoms with E-state index in [0.717, 1.165) is 25.9 Å². The third kappa shape index (κ3) is 5.54. The molecule has 3 amide bonds. The Morgan fingerprint density at radius 3 is 2.80 bits per heavy atom. The molecule has 1 fully saturated rings. The number of nitrogens with one attached hydrogen (secondary N) is 1. The molecule has 9 heteroatoms. The lowest BCUT2D eigenvalue weighted by Gasteiger charge is -2.31. The molecule has 1 aliphatic rings. The third-order valence-electron chi connectivity index (χ3n) is 4.20. The Balaban J connectivity index is 1.76. The van der Waals surface area contributed by atoms with Crippen molar-refractivity contribution in [2.24, 2.45) is 5.92 Å². The summed E-state index contributed by atoms with van der Waals surface area (Å²) in [7, 11) is 3.29. The summed E-state index contributed by atoms with van der Waals surface area (Å²) < 4.78 is 1.32. The van der Waals surface area contributed by atoms with E-state index in [-0.39, 0.29) is 37.0 Å². The van der Waals surface area contributed by atoms with Crippen molar-refractivity contribution in [3.8, 4) is 0 Å². The Bertz CT molecular complexity index is 627. The number of hydrogen-bond acceptors (Lipinski definition) is 5. The highest BCUT2D eigenvalue weighted by molar-refractivity contribution is 5.92. The molecule has 0 aliphatic carbocycles. The summed E-state index contributed by atoms with van der Waals surface area (Å²) in [5.41, 5.74) is 0.130. The zero-order chi connectivity index (χ0) is 18.4. The molecule has 1 aromatic rings. The molecule has 1 aromatic heterocycles. The summed E-state index contributed by atoms with van der Waals surface area (Å²) in [4.78, 5) is 39.1. The van der Waals surface area contributed by atoms with Crippen molar-refractivity contribution in [3.63, 3.8) is 0 Å². The van der Waals surface area contributed by atoms with Gasteiger partial charge in [-0.1, -0.05) is 12.1 Å². The minimum atomic E-state index is -0.400. The van der Waals surface area contributed by atoms with E-state index in [0.29, 0.717) is 5.92 Å². The zero-order valence-electron chi connectivity index (χ0n) is 15.1. The molecule has 2 heterocycles. The van der Waals surface area contributed by atoms with E-state index < -0.39 is 5.91 Å². The molecule has 1 atom stereocenters. The number of carbonyl (C=O) groups excluding carboxylic acids is 3. The van der Waals surface area contributed by atoms with Crippen LogP contribution in [0, 0.1) is 5.92 Å². The van der Waals surface area contributed by atoms with Gasteiger partial charge in [0, 0.05) is 40.2 Å². The topological polar surface area (TPSA) is 100 Å². The van der Waals surface area contributed by atoms with Gasteiger partial charge in [-0.25, -0.2) is 4.68 Å². The molecule has 2 rings (SSSR count). The van der Waals surface area contributed by atoms with Gasteiger partial charge in [0.2, 0.25) is 11.8 Å². The predicted octanol–water partition coefficient (Wildman–Crippen LogP) is -0.255. The van der Waals surface area contributed by atoms with Crippen LogP contribution in [0.4, 0.5) is 0 Å². The van der Waals surface area contributed by atoms with Crippen LogP contribution in [0.3, 0.4) is 0 Å². The number of aromatic nitrogens is 3. The number of nitrogens with zero attached hydrogens (tertiary/aromatic N) is 5. The maximum Gasteiger partial charge on any atom is 0.273 e. The summed E-state index contributed by atoms with van der Waals surface area (Å²) in [5, 5.41) is 10.2. The average Bonchev–Trinajstić information content (AvgIpc) is 3.03. The van der Waals surface area contributed by atoms with E-state index in [1.54, 1.807) is 14.1 Å². The van der Waals surface area contributed by atoms with Crippen LogP contribution < -0.4 is 5.32 Å². The number of likely N-dealkylation sites (tertiary alicyclic amines) is 1. The van der Waals surface area contributed by atoms with Crippen molar-refractivity contribution in [2.75, 3.05) is 33.7 Å². The molecule has 138 valence electrons. The fraction of sp³-hybridized carbons (Fsp3) is 0.688. The molecule has 9 nitrogen and oxygen atoms in total. The smallest absolute Gasteiger partial charge is 0.273 e. The third-order valence-corrected chi connectivity index (χ3v) is 4.20. The average molecular weight is 350 g/mol. The van der Waals surface area contributed by atoms with Crippen LogP contribution in [0.25, 0.3) is 0 Å². The number of likely N-dealkylation sites (N-methyl/N-ethyl adjacent to an activating group) is 1. The highest BCUT2D eigenvalue weighted by Gasteiger charge is 2.21. The van der Waals surface area contributed by atoms with Crippen molar-refractivity contribution in [1.29, 1.82) is 0 Å². The van der Waals surface area contributed by atoms with E-state index in [1.807, 2.05) is 4.90 Å². The largest absolute Gasteiger partial charge is 0.350 e. The molecular formula is C16H26N6O3. The molecular weight excluding hydrogens is 324 g/mol. The summed E-state index contributed by atoms with van der Waals surface area (Å²) in [6.07, 6.45) is 3.89. The van der Waals surface area contributed by atoms with Crippen molar-refractivity contribution < 1.29 is 14.4 Å². The van der Waals surface area contributed by atoms with Crippen LogP contribution in [0.15, 0.2) is 6.20 Å². The first-order valence-corrected chi connectivity index (χ1v) is 8.53. The van der Waals surface area contributed by atoms with Gasteiger partial charge in [0.25, 0.3) is 5.91 Å². The minimum Gasteiger partial charge on any atom is -0.350 e. The van der Waals surface area contributed by atoms with Gasteiger partial charge in [-0.3, -0.25) is 14.4 Å². The highest BCUT2D eigenvalue weighted by Crippen LogP contribution is 2.15. The Morgan fingerprint density at radius 2 is 2.12 bits per heavy atom. The van der Waals surface area contributed by atoms with Gasteiger partial charge >= 0.3 is 0 Å². The van der Waals surface area contributed by atoms with Gasteiger partial charge in [-0.2, -0.15) is 0 Å². The SMILES string of the molecule is CC1CCCN(C(=O)CCNC(=O)c2cn(CC(=O)N(C)C)nn2)C1. The Kier molecular flexibility index (Phi) is 6.49. The van der Waals surface area contributed by atoms with Crippen molar-refractivity contribution in [1.82, 2.24) is 30.1 Å². The lowest BCUT2D eigenvalue weighted by atomic mass is 10.00. The van der Waals surface area contributed by atoms with Gasteiger partial charge in [-0.15, -0.1) is 5.10 Å². The lowest BCUT2D eigenvalue weighted by Crippen LogP contribution is -2.40. The van der Waals surface area contributed by atoms with E-state index in [9.17, 15) is 14.4 Å². The fourth-order valence-electron chi connectivity index (χ4n) is 2.71. The maximum atomic E-state index is 12.2. The van der Waals surface area contributed by atoms with Crippen LogP contribution in [0.2, 0.25) is 0 Å². The first-order valence-electron chi connectivity index (χ1n) is 8.53. The quantitative estimate of drug-likeness (QED) is 0.762. The number of piperidine rings is 1. The Hall–Kier alpha value is -2.45. The first-order chi connectivity index (χ1) is 11.9. The van der Waals surface area contributed by atoms with Gasteiger partial charge < -0.3 is 15.1 Å². The molecule has 0 radical (unpaired) electrons. The van der Waals surface area contributed by atoms with Crippen molar-refractivity contribution in [3.05, 3.63) is 11.9 Å². The fourth-order valence-corrected chi connectivity index (χ4v) is 2.71. The van der Waals surface area contributed by atoms with E-state index >= 15 is 0 Å². The van der Waals surface area contributed by atoms with Crippen molar-refractivity contribution >= 4 is 17.7 Å². The summed E-state index contributed by atoms with van der Waals surface area (Å²) in [6.45, 7) is 4.02. The molecule has 0 bridgehead atoms. The van der Waals surface area contributed by atoms with E-state index in [4.69, 9.17) is 0 Å². The number of hydrogen-bond donors (Lipinski definition) is 1. The number of amides is 3. The number of carbonyl (C=O) groups is 3. The summed E-state index contributed by atoms with van der Waals surface area (Å²) in [5.74, 6) is 0.0564.